The summed E-state index contributed by atoms with van der Waals surface area (Å²) >= 11 is 0. The van der Waals surface area contributed by atoms with E-state index in [0.29, 0.717) is 95.6 Å². The molecule has 76 heavy (non-hydrogen) atoms. The van der Waals surface area contributed by atoms with Crippen molar-refractivity contribution in [2.75, 3.05) is 70.6 Å². The first-order valence-corrected chi connectivity index (χ1v) is 28.1. The number of hydrogen-bond donors (Lipinski definition) is 8. The summed E-state index contributed by atoms with van der Waals surface area (Å²) in [6.07, 6.45) is 25.1. The first kappa shape index (κ1) is 60.0. The summed E-state index contributed by atoms with van der Waals surface area (Å²) in [5.41, 5.74) is 32.1. The summed E-state index contributed by atoms with van der Waals surface area (Å²) in [5, 5.41) is 13.9. The average Bonchev–Trinajstić information content (AvgIpc) is 3.43. The molecule has 4 aliphatic carbocycles. The third kappa shape index (κ3) is 20.0. The maximum Gasteiger partial charge on any atom is 0.338 e. The number of carbonyl (C=O) groups is 4. The van der Waals surface area contributed by atoms with E-state index in [1.54, 1.807) is 76.2 Å². The highest BCUT2D eigenvalue weighted by Crippen LogP contribution is 2.30. The van der Waals surface area contributed by atoms with Crippen LogP contribution in [0.3, 0.4) is 0 Å². The number of rotatable bonds is 16. The molecule has 0 aliphatic heterocycles. The summed E-state index contributed by atoms with van der Waals surface area (Å²) in [7, 11) is 0. The standard InChI is InChI=1S/4C15H22N2O2/c4*1-2-19-15(18)11-8-9-14(13(16)10-11)17-12-6-4-3-5-7-12/h4*8-10,12,17H,2-7,16H2,1H3. The summed E-state index contributed by atoms with van der Waals surface area (Å²) in [4.78, 5) is 46.4. The molecular weight excluding hydrogens is 961 g/mol. The Morgan fingerprint density at radius 1 is 0.342 bits per heavy atom. The van der Waals surface area contributed by atoms with Crippen molar-refractivity contribution < 1.29 is 38.1 Å². The second-order valence-electron chi connectivity index (χ2n) is 20.0. The van der Waals surface area contributed by atoms with E-state index in [1.807, 2.05) is 24.3 Å². The quantitative estimate of drug-likeness (QED) is 0.0295. The predicted molar refractivity (Wildman–Crippen MR) is 309 cm³/mol. The van der Waals surface area contributed by atoms with Crippen molar-refractivity contribution >= 4 is 69.4 Å². The minimum atomic E-state index is -0.321. The zero-order chi connectivity index (χ0) is 54.7. The van der Waals surface area contributed by atoms with Gasteiger partial charge in [-0.15, -0.1) is 0 Å². The number of esters is 4. The molecule has 0 unspecified atom stereocenters. The topological polar surface area (TPSA) is 257 Å². The second kappa shape index (κ2) is 32.6. The minimum Gasteiger partial charge on any atom is -0.462 e. The number of nitrogens with two attached hydrogens (primary N) is 4. The van der Waals surface area contributed by atoms with Gasteiger partial charge in [0.15, 0.2) is 0 Å². The molecule has 4 aromatic carbocycles. The van der Waals surface area contributed by atoms with Crippen LogP contribution in [0, 0.1) is 0 Å². The van der Waals surface area contributed by atoms with Gasteiger partial charge in [-0.2, -0.15) is 0 Å². The molecule has 16 heteroatoms. The Labute approximate surface area is 451 Å². The average molecular weight is 1050 g/mol. The molecule has 4 aliphatic rings. The van der Waals surface area contributed by atoms with E-state index in [0.717, 1.165) is 22.7 Å². The van der Waals surface area contributed by atoms with Crippen LogP contribution in [0.2, 0.25) is 0 Å². The van der Waals surface area contributed by atoms with Crippen LogP contribution >= 0.6 is 0 Å². The number of ether oxygens (including phenoxy) is 4. The Bertz CT molecular complexity index is 2090. The Kier molecular flexibility index (Phi) is 25.7. The van der Waals surface area contributed by atoms with Crippen LogP contribution in [-0.4, -0.2) is 74.5 Å². The molecule has 8 rings (SSSR count). The van der Waals surface area contributed by atoms with Crippen LogP contribution in [-0.2, 0) is 18.9 Å². The van der Waals surface area contributed by atoms with Crippen LogP contribution in [0.1, 0.15) is 198 Å². The van der Waals surface area contributed by atoms with E-state index in [1.165, 1.54) is 128 Å². The van der Waals surface area contributed by atoms with E-state index in [9.17, 15) is 19.2 Å². The second-order valence-corrected chi connectivity index (χ2v) is 20.0. The van der Waals surface area contributed by atoms with E-state index >= 15 is 0 Å². The zero-order valence-electron chi connectivity index (χ0n) is 45.8. The van der Waals surface area contributed by atoms with Gasteiger partial charge in [0.05, 0.1) is 94.2 Å². The zero-order valence-corrected chi connectivity index (χ0v) is 45.8. The largest absolute Gasteiger partial charge is 0.462 e. The van der Waals surface area contributed by atoms with Gasteiger partial charge in [-0.25, -0.2) is 19.2 Å². The van der Waals surface area contributed by atoms with Gasteiger partial charge in [0.2, 0.25) is 0 Å². The van der Waals surface area contributed by atoms with Crippen LogP contribution in [0.5, 0.6) is 0 Å². The molecular formula is C60H88N8O8. The first-order valence-electron chi connectivity index (χ1n) is 28.1. The fourth-order valence-electron chi connectivity index (χ4n) is 10.0. The number of nitrogens with one attached hydrogen (secondary N) is 4. The van der Waals surface area contributed by atoms with Crippen molar-refractivity contribution in [2.24, 2.45) is 0 Å². The van der Waals surface area contributed by atoms with Gasteiger partial charge in [-0.05, 0) is 152 Å². The van der Waals surface area contributed by atoms with E-state index < -0.39 is 0 Å². The molecule has 0 spiro atoms. The third-order valence-corrected chi connectivity index (χ3v) is 14.1. The van der Waals surface area contributed by atoms with Crippen molar-refractivity contribution in [3.63, 3.8) is 0 Å². The normalized spacial score (nSPS) is 16.1. The van der Waals surface area contributed by atoms with Crippen molar-refractivity contribution in [1.29, 1.82) is 0 Å². The SMILES string of the molecule is CCOC(=O)c1ccc(NC2CCCCC2)c(N)c1.CCOC(=O)c1ccc(NC2CCCCC2)c(N)c1.CCOC(=O)c1ccc(NC2CCCCC2)c(N)c1.CCOC(=O)c1ccc(NC2CCCCC2)c(N)c1. The molecule has 4 saturated carbocycles. The molecule has 0 radical (unpaired) electrons. The van der Waals surface area contributed by atoms with E-state index in [4.69, 9.17) is 41.9 Å². The fraction of sp³-hybridized carbons (Fsp3) is 0.533. The van der Waals surface area contributed by atoms with Crippen LogP contribution < -0.4 is 44.2 Å². The number of anilines is 8. The molecule has 0 saturated heterocycles. The Balaban J connectivity index is 0.000000187. The van der Waals surface area contributed by atoms with Gasteiger partial charge in [0.25, 0.3) is 0 Å². The fourth-order valence-corrected chi connectivity index (χ4v) is 10.0. The van der Waals surface area contributed by atoms with E-state index in [2.05, 4.69) is 21.3 Å². The monoisotopic (exact) mass is 1050 g/mol. The van der Waals surface area contributed by atoms with Crippen LogP contribution in [0.4, 0.5) is 45.5 Å². The Morgan fingerprint density at radius 2 is 0.526 bits per heavy atom. The molecule has 0 amide bonds. The smallest absolute Gasteiger partial charge is 0.338 e. The van der Waals surface area contributed by atoms with Gasteiger partial charge in [-0.1, -0.05) is 77.0 Å². The lowest BCUT2D eigenvalue weighted by molar-refractivity contribution is 0.0517. The molecule has 0 bridgehead atoms. The molecule has 0 atom stereocenters. The molecule has 4 fully saturated rings. The first-order chi connectivity index (χ1) is 36.8. The van der Waals surface area contributed by atoms with Crippen molar-refractivity contribution in [1.82, 2.24) is 0 Å². The maximum absolute atomic E-state index is 11.6. The highest BCUT2D eigenvalue weighted by atomic mass is 16.5. The van der Waals surface area contributed by atoms with Crippen molar-refractivity contribution in [3.05, 3.63) is 95.1 Å². The van der Waals surface area contributed by atoms with Crippen LogP contribution in [0.25, 0.3) is 0 Å². The predicted octanol–water partition coefficient (Wildman–Crippen LogP) is 12.8. The molecule has 4 aromatic rings. The summed E-state index contributed by atoms with van der Waals surface area (Å²) in [5.74, 6) is -1.28. The molecule has 16 nitrogen and oxygen atoms in total. The minimum absolute atomic E-state index is 0.321. The molecule has 0 heterocycles. The lowest BCUT2D eigenvalue weighted by Gasteiger charge is -2.24. The Morgan fingerprint density at radius 3 is 0.684 bits per heavy atom. The lowest BCUT2D eigenvalue weighted by atomic mass is 9.95. The molecule has 0 aromatic heterocycles. The van der Waals surface area contributed by atoms with Crippen molar-refractivity contribution in [3.8, 4) is 0 Å². The summed E-state index contributed by atoms with van der Waals surface area (Å²) in [6, 6.07) is 23.3. The highest BCUT2D eigenvalue weighted by Gasteiger charge is 2.20. The van der Waals surface area contributed by atoms with Gasteiger partial charge >= 0.3 is 23.9 Å². The number of nitrogen functional groups attached to an aromatic ring is 4. The van der Waals surface area contributed by atoms with Gasteiger partial charge in [0, 0.05) is 24.2 Å². The maximum atomic E-state index is 11.6. The number of hydrogen-bond acceptors (Lipinski definition) is 16. The Hall–Kier alpha value is -6.84. The van der Waals surface area contributed by atoms with Gasteiger partial charge in [0.1, 0.15) is 0 Å². The summed E-state index contributed by atoms with van der Waals surface area (Å²) < 4.78 is 19.8. The highest BCUT2D eigenvalue weighted by molar-refractivity contribution is 5.94. The van der Waals surface area contributed by atoms with E-state index in [-0.39, 0.29) is 23.9 Å². The van der Waals surface area contributed by atoms with Crippen molar-refractivity contribution in [2.45, 2.75) is 180 Å². The summed E-state index contributed by atoms with van der Waals surface area (Å²) in [6.45, 7) is 8.67. The number of benzene rings is 4. The van der Waals surface area contributed by atoms with Gasteiger partial charge < -0.3 is 63.1 Å². The van der Waals surface area contributed by atoms with Gasteiger partial charge in [-0.3, -0.25) is 0 Å². The third-order valence-electron chi connectivity index (χ3n) is 14.1. The molecule has 416 valence electrons. The number of carbonyl (C=O) groups excluding carboxylic acids is 4. The van der Waals surface area contributed by atoms with Crippen LogP contribution in [0.15, 0.2) is 72.8 Å². The molecule has 12 N–H and O–H groups in total. The lowest BCUT2D eigenvalue weighted by Crippen LogP contribution is -2.22.